The number of nitrogens with one attached hydrogen (secondary N) is 1. The van der Waals surface area contributed by atoms with E-state index in [2.05, 4.69) is 4.72 Å². The molecule has 9 heteroatoms. The molecule has 3 aromatic rings. The lowest BCUT2D eigenvalue weighted by Crippen LogP contribution is -2.07. The number of anilines is 1. The van der Waals surface area contributed by atoms with Crippen molar-refractivity contribution in [1.29, 1.82) is 0 Å². The number of carbonyl (C=O) groups is 1. The quantitative estimate of drug-likeness (QED) is 0.262. The summed E-state index contributed by atoms with van der Waals surface area (Å²) in [7, 11) is 0. The molecule has 0 unspecified atom stereocenters. The van der Waals surface area contributed by atoms with E-state index >= 15 is 0 Å². The second kappa shape index (κ2) is 10.7. The van der Waals surface area contributed by atoms with Crippen molar-refractivity contribution in [3.8, 4) is 11.5 Å². The van der Waals surface area contributed by atoms with Crippen LogP contribution in [0.15, 0.2) is 71.6 Å². The van der Waals surface area contributed by atoms with Gasteiger partial charge in [0.15, 0.2) is 5.75 Å². The molecule has 0 spiro atoms. The van der Waals surface area contributed by atoms with Gasteiger partial charge in [0.1, 0.15) is 5.75 Å². The first-order valence-corrected chi connectivity index (χ1v) is 10.8. The summed E-state index contributed by atoms with van der Waals surface area (Å²) in [6.07, 6.45) is -3.78. The molecule has 0 saturated carbocycles. The molecular weight excluding hydrogens is 463 g/mol. The van der Waals surface area contributed by atoms with Gasteiger partial charge in [0, 0.05) is 4.90 Å². The summed E-state index contributed by atoms with van der Waals surface area (Å²) in [5.74, 6) is 0.0213. The molecule has 32 heavy (non-hydrogen) atoms. The molecule has 0 heterocycles. The standard InChI is InChI=1S/C23H19ClF3NO3S/c1-2-13-30-22(29)16-7-3-6-10-21(16)32-28-18-8-4-5-9-20(18)31-19-12-11-15(14-17(19)24)23(25,26)27/h3-12,14,28H,2,13H2,1H3. The Labute approximate surface area is 192 Å². The van der Waals surface area contributed by atoms with Crippen LogP contribution in [0.4, 0.5) is 18.9 Å². The molecular formula is C23H19ClF3NO3S. The highest BCUT2D eigenvalue weighted by atomic mass is 35.5. The van der Waals surface area contributed by atoms with Crippen molar-refractivity contribution in [2.24, 2.45) is 0 Å². The summed E-state index contributed by atoms with van der Waals surface area (Å²) in [6.45, 7) is 2.24. The number of benzene rings is 3. The Morgan fingerprint density at radius 1 is 1.03 bits per heavy atom. The van der Waals surface area contributed by atoms with E-state index in [0.29, 0.717) is 28.5 Å². The number of alkyl halides is 3. The zero-order valence-corrected chi connectivity index (χ0v) is 18.5. The molecule has 0 aliphatic rings. The second-order valence-corrected chi connectivity index (χ2v) is 7.83. The van der Waals surface area contributed by atoms with Gasteiger partial charge in [-0.25, -0.2) is 4.79 Å². The first-order valence-electron chi connectivity index (χ1n) is 9.62. The summed E-state index contributed by atoms with van der Waals surface area (Å²) in [5, 5.41) is -0.161. The van der Waals surface area contributed by atoms with Crippen molar-refractivity contribution >= 4 is 35.2 Å². The largest absolute Gasteiger partial charge is 0.462 e. The monoisotopic (exact) mass is 481 g/mol. The number of hydrogen-bond acceptors (Lipinski definition) is 5. The van der Waals surface area contributed by atoms with Crippen molar-refractivity contribution in [3.05, 3.63) is 82.9 Å². The van der Waals surface area contributed by atoms with Crippen LogP contribution in [0.2, 0.25) is 5.02 Å². The van der Waals surface area contributed by atoms with Crippen molar-refractivity contribution in [1.82, 2.24) is 0 Å². The SMILES string of the molecule is CCCOC(=O)c1ccccc1SNc1ccccc1Oc1ccc(C(F)(F)F)cc1Cl. The molecule has 0 aromatic heterocycles. The number of hydrogen-bond donors (Lipinski definition) is 1. The molecule has 4 nitrogen and oxygen atoms in total. The first kappa shape index (κ1) is 23.8. The van der Waals surface area contributed by atoms with Crippen LogP contribution in [0, 0.1) is 0 Å². The van der Waals surface area contributed by atoms with Gasteiger partial charge in [-0.15, -0.1) is 0 Å². The molecule has 3 rings (SSSR count). The van der Waals surface area contributed by atoms with Crippen LogP contribution >= 0.6 is 23.5 Å². The lowest BCUT2D eigenvalue weighted by atomic mass is 10.2. The maximum absolute atomic E-state index is 12.9. The van der Waals surface area contributed by atoms with Crippen molar-refractivity contribution in [2.45, 2.75) is 24.4 Å². The Balaban J connectivity index is 1.77. The number of rotatable bonds is 8. The third-order valence-electron chi connectivity index (χ3n) is 4.18. The third-order valence-corrected chi connectivity index (χ3v) is 5.37. The molecule has 0 amide bonds. The highest BCUT2D eigenvalue weighted by Gasteiger charge is 2.31. The van der Waals surface area contributed by atoms with Gasteiger partial charge in [0.2, 0.25) is 0 Å². The van der Waals surface area contributed by atoms with Crippen LogP contribution in [0.1, 0.15) is 29.3 Å². The topological polar surface area (TPSA) is 47.6 Å². The van der Waals surface area contributed by atoms with Crippen molar-refractivity contribution in [2.75, 3.05) is 11.3 Å². The van der Waals surface area contributed by atoms with Gasteiger partial charge in [-0.3, -0.25) is 0 Å². The predicted octanol–water partition coefficient (Wildman–Crippen LogP) is 7.84. The van der Waals surface area contributed by atoms with E-state index in [-0.39, 0.29) is 10.8 Å². The Kier molecular flexibility index (Phi) is 7.93. The van der Waals surface area contributed by atoms with E-state index < -0.39 is 17.7 Å². The minimum Gasteiger partial charge on any atom is -0.462 e. The van der Waals surface area contributed by atoms with Crippen molar-refractivity contribution < 1.29 is 27.4 Å². The number of esters is 1. The van der Waals surface area contributed by atoms with Gasteiger partial charge in [-0.1, -0.05) is 42.8 Å². The molecule has 0 radical (unpaired) electrons. The lowest BCUT2D eigenvalue weighted by molar-refractivity contribution is -0.137. The van der Waals surface area contributed by atoms with Crippen LogP contribution in [-0.4, -0.2) is 12.6 Å². The molecule has 0 bridgehead atoms. The minimum atomic E-state index is -4.50. The van der Waals surface area contributed by atoms with Gasteiger partial charge in [0.25, 0.3) is 0 Å². The highest BCUT2D eigenvalue weighted by Crippen LogP contribution is 2.39. The van der Waals surface area contributed by atoms with E-state index in [9.17, 15) is 18.0 Å². The summed E-state index contributed by atoms with van der Waals surface area (Å²) < 4.78 is 52.7. The number of carbonyl (C=O) groups excluding carboxylic acids is 1. The average molecular weight is 482 g/mol. The smallest absolute Gasteiger partial charge is 0.416 e. The summed E-state index contributed by atoms with van der Waals surface area (Å²) in [4.78, 5) is 12.9. The molecule has 0 fully saturated rings. The predicted molar refractivity (Wildman–Crippen MR) is 119 cm³/mol. The van der Waals surface area contributed by atoms with E-state index in [1.807, 2.05) is 6.92 Å². The molecule has 0 saturated heterocycles. The normalized spacial score (nSPS) is 11.2. The van der Waals surface area contributed by atoms with Gasteiger partial charge in [-0.2, -0.15) is 13.2 Å². The van der Waals surface area contributed by atoms with Crippen LogP contribution in [-0.2, 0) is 10.9 Å². The fourth-order valence-corrected chi connectivity index (χ4v) is 3.64. The average Bonchev–Trinajstić information content (AvgIpc) is 2.77. The number of halogens is 4. The zero-order chi connectivity index (χ0) is 23.1. The fourth-order valence-electron chi connectivity index (χ4n) is 2.63. The van der Waals surface area contributed by atoms with Crippen molar-refractivity contribution in [3.63, 3.8) is 0 Å². The summed E-state index contributed by atoms with van der Waals surface area (Å²) in [6, 6.07) is 16.8. The Morgan fingerprint density at radius 2 is 1.75 bits per heavy atom. The zero-order valence-electron chi connectivity index (χ0n) is 16.9. The molecule has 3 aromatic carbocycles. The summed E-state index contributed by atoms with van der Waals surface area (Å²) >= 11 is 7.19. The van der Waals surface area contributed by atoms with Gasteiger partial charge >= 0.3 is 12.1 Å². The maximum Gasteiger partial charge on any atom is 0.416 e. The van der Waals surface area contributed by atoms with Crippen LogP contribution in [0.25, 0.3) is 0 Å². The Hall–Kier alpha value is -2.84. The highest BCUT2D eigenvalue weighted by molar-refractivity contribution is 8.00. The number of ether oxygens (including phenoxy) is 2. The van der Waals surface area contributed by atoms with Crippen LogP contribution < -0.4 is 9.46 Å². The lowest BCUT2D eigenvalue weighted by Gasteiger charge is -2.15. The molecule has 0 aliphatic heterocycles. The van der Waals surface area contributed by atoms with Gasteiger partial charge in [-0.05, 0) is 60.8 Å². The second-order valence-electron chi connectivity index (χ2n) is 6.58. The fraction of sp³-hybridized carbons (Fsp3) is 0.174. The van der Waals surface area contributed by atoms with Crippen LogP contribution in [0.5, 0.6) is 11.5 Å². The van der Waals surface area contributed by atoms with E-state index in [1.54, 1.807) is 48.5 Å². The molecule has 0 aliphatic carbocycles. The molecule has 168 valence electrons. The van der Waals surface area contributed by atoms with Gasteiger partial charge in [0.05, 0.1) is 28.4 Å². The van der Waals surface area contributed by atoms with E-state index in [4.69, 9.17) is 21.1 Å². The van der Waals surface area contributed by atoms with E-state index in [0.717, 1.165) is 18.6 Å². The van der Waals surface area contributed by atoms with Gasteiger partial charge < -0.3 is 14.2 Å². The molecule has 0 atom stereocenters. The molecule has 1 N–H and O–H groups in total. The third kappa shape index (κ3) is 6.11. The number of para-hydroxylation sites is 2. The Bertz CT molecular complexity index is 1090. The summed E-state index contributed by atoms with van der Waals surface area (Å²) in [5.41, 5.74) is 0.108. The van der Waals surface area contributed by atoms with Crippen LogP contribution in [0.3, 0.4) is 0 Å². The van der Waals surface area contributed by atoms with E-state index in [1.165, 1.54) is 18.0 Å². The Morgan fingerprint density at radius 3 is 2.47 bits per heavy atom. The first-order chi connectivity index (χ1) is 15.3. The maximum atomic E-state index is 12.9. The minimum absolute atomic E-state index is 0.0856.